The van der Waals surface area contributed by atoms with E-state index in [4.69, 9.17) is 11.6 Å². The largest absolute Gasteiger partial charge is 0.351 e. The average molecular weight is 312 g/mol. The van der Waals surface area contributed by atoms with E-state index in [2.05, 4.69) is 16.8 Å². The van der Waals surface area contributed by atoms with E-state index >= 15 is 0 Å². The number of hydrogen-bond donors (Lipinski definition) is 1. The number of amides is 1. The van der Waals surface area contributed by atoms with Gasteiger partial charge < -0.3 is 5.32 Å². The molecule has 2 rings (SSSR count). The van der Waals surface area contributed by atoms with Gasteiger partial charge in [0, 0.05) is 22.2 Å². The Labute approximate surface area is 126 Å². The third-order valence-corrected chi connectivity index (χ3v) is 4.75. The summed E-state index contributed by atoms with van der Waals surface area (Å²) in [6.07, 6.45) is 0. The van der Waals surface area contributed by atoms with E-state index in [1.54, 1.807) is 23.1 Å². The molecule has 0 spiro atoms. The molecule has 0 fully saturated rings. The van der Waals surface area contributed by atoms with E-state index in [0.29, 0.717) is 17.3 Å². The summed E-state index contributed by atoms with van der Waals surface area (Å²) < 4.78 is 0. The number of thioether (sulfide) groups is 1. The van der Waals surface area contributed by atoms with Crippen molar-refractivity contribution in [1.29, 1.82) is 0 Å². The maximum atomic E-state index is 11.7. The standard InChI is InChI=1S/C14H14ClNOS2/c15-12-5-3-11(4-6-12)8-16-14(17)10-18-9-13-2-1-7-19-13/h1-7H,8-10H2,(H,16,17). The molecule has 0 bridgehead atoms. The quantitative estimate of drug-likeness (QED) is 0.875. The van der Waals surface area contributed by atoms with Crippen LogP contribution >= 0.6 is 34.7 Å². The first-order valence-corrected chi connectivity index (χ1v) is 8.26. The summed E-state index contributed by atoms with van der Waals surface area (Å²) in [5, 5.41) is 5.66. The second-order valence-electron chi connectivity index (χ2n) is 3.98. The van der Waals surface area contributed by atoms with Crippen LogP contribution in [-0.2, 0) is 17.1 Å². The highest BCUT2D eigenvalue weighted by molar-refractivity contribution is 7.99. The predicted molar refractivity (Wildman–Crippen MR) is 83.8 cm³/mol. The third-order valence-electron chi connectivity index (χ3n) is 2.46. The van der Waals surface area contributed by atoms with Crippen LogP contribution in [-0.4, -0.2) is 11.7 Å². The van der Waals surface area contributed by atoms with Gasteiger partial charge in [-0.25, -0.2) is 0 Å². The molecule has 1 N–H and O–H groups in total. The summed E-state index contributed by atoms with van der Waals surface area (Å²) in [7, 11) is 0. The van der Waals surface area contributed by atoms with Crippen molar-refractivity contribution < 1.29 is 4.79 Å². The first-order chi connectivity index (χ1) is 9.24. The fourth-order valence-corrected chi connectivity index (χ4v) is 3.32. The lowest BCUT2D eigenvalue weighted by atomic mass is 10.2. The molecule has 0 aliphatic rings. The predicted octanol–water partition coefficient (Wildman–Crippen LogP) is 3.95. The topological polar surface area (TPSA) is 29.1 Å². The minimum Gasteiger partial charge on any atom is -0.351 e. The number of carbonyl (C=O) groups is 1. The maximum absolute atomic E-state index is 11.7. The van der Waals surface area contributed by atoms with E-state index in [1.807, 2.05) is 30.3 Å². The van der Waals surface area contributed by atoms with Crippen LogP contribution in [0.3, 0.4) is 0 Å². The molecule has 1 aromatic heterocycles. The van der Waals surface area contributed by atoms with Gasteiger partial charge in [-0.1, -0.05) is 29.8 Å². The molecule has 0 atom stereocenters. The summed E-state index contributed by atoms with van der Waals surface area (Å²) in [6.45, 7) is 0.551. The average Bonchev–Trinajstić information content (AvgIpc) is 2.91. The molecule has 1 aromatic carbocycles. The lowest BCUT2D eigenvalue weighted by molar-refractivity contribution is -0.118. The molecule has 1 heterocycles. The minimum atomic E-state index is 0.0662. The van der Waals surface area contributed by atoms with Crippen molar-refractivity contribution in [3.05, 3.63) is 57.2 Å². The molecule has 2 aromatic rings. The van der Waals surface area contributed by atoms with Crippen LogP contribution in [0.25, 0.3) is 0 Å². The van der Waals surface area contributed by atoms with Crippen molar-refractivity contribution in [2.45, 2.75) is 12.3 Å². The maximum Gasteiger partial charge on any atom is 0.230 e. The molecule has 0 saturated carbocycles. The van der Waals surface area contributed by atoms with Gasteiger partial charge in [-0.3, -0.25) is 4.79 Å². The Morgan fingerprint density at radius 2 is 2.05 bits per heavy atom. The fourth-order valence-electron chi connectivity index (χ4n) is 1.49. The van der Waals surface area contributed by atoms with Crippen LogP contribution in [0.4, 0.5) is 0 Å². The number of carbonyl (C=O) groups excluding carboxylic acids is 1. The molecule has 19 heavy (non-hydrogen) atoms. The van der Waals surface area contributed by atoms with E-state index in [-0.39, 0.29) is 5.91 Å². The Morgan fingerprint density at radius 3 is 2.74 bits per heavy atom. The van der Waals surface area contributed by atoms with Crippen LogP contribution in [0.15, 0.2) is 41.8 Å². The number of benzene rings is 1. The number of hydrogen-bond acceptors (Lipinski definition) is 3. The smallest absolute Gasteiger partial charge is 0.230 e. The van der Waals surface area contributed by atoms with Gasteiger partial charge in [0.2, 0.25) is 5.91 Å². The summed E-state index contributed by atoms with van der Waals surface area (Å²) >= 11 is 9.16. The summed E-state index contributed by atoms with van der Waals surface area (Å²) in [5.41, 5.74) is 1.06. The van der Waals surface area contributed by atoms with Crippen LogP contribution in [0.2, 0.25) is 5.02 Å². The number of nitrogens with one attached hydrogen (secondary N) is 1. The Morgan fingerprint density at radius 1 is 1.26 bits per heavy atom. The van der Waals surface area contributed by atoms with Gasteiger partial charge in [0.25, 0.3) is 0 Å². The van der Waals surface area contributed by atoms with Crippen LogP contribution < -0.4 is 5.32 Å². The third kappa shape index (κ3) is 5.27. The second kappa shape index (κ2) is 7.58. The molecular weight excluding hydrogens is 298 g/mol. The zero-order valence-electron chi connectivity index (χ0n) is 10.3. The van der Waals surface area contributed by atoms with Gasteiger partial charge >= 0.3 is 0 Å². The molecule has 1 amide bonds. The zero-order chi connectivity index (χ0) is 13.5. The van der Waals surface area contributed by atoms with E-state index < -0.39 is 0 Å². The first-order valence-electron chi connectivity index (χ1n) is 5.85. The molecule has 0 aliphatic heterocycles. The van der Waals surface area contributed by atoms with Crippen molar-refractivity contribution in [3.8, 4) is 0 Å². The normalized spacial score (nSPS) is 10.4. The second-order valence-corrected chi connectivity index (χ2v) is 6.43. The van der Waals surface area contributed by atoms with Gasteiger partial charge in [-0.05, 0) is 29.1 Å². The zero-order valence-corrected chi connectivity index (χ0v) is 12.7. The van der Waals surface area contributed by atoms with Crippen molar-refractivity contribution in [1.82, 2.24) is 5.32 Å². The highest BCUT2D eigenvalue weighted by atomic mass is 35.5. The SMILES string of the molecule is O=C(CSCc1cccs1)NCc1ccc(Cl)cc1. The molecule has 0 aliphatic carbocycles. The van der Waals surface area contributed by atoms with E-state index in [0.717, 1.165) is 11.3 Å². The molecule has 0 unspecified atom stereocenters. The Balaban J connectivity index is 1.65. The monoisotopic (exact) mass is 311 g/mol. The van der Waals surface area contributed by atoms with Crippen LogP contribution in [0, 0.1) is 0 Å². The van der Waals surface area contributed by atoms with E-state index in [1.165, 1.54) is 4.88 Å². The molecule has 0 radical (unpaired) electrons. The summed E-state index contributed by atoms with van der Waals surface area (Å²) in [6, 6.07) is 11.6. The van der Waals surface area contributed by atoms with Gasteiger partial charge in [0.05, 0.1) is 5.75 Å². The van der Waals surface area contributed by atoms with Gasteiger partial charge in [-0.15, -0.1) is 23.1 Å². The summed E-state index contributed by atoms with van der Waals surface area (Å²) in [5.74, 6) is 1.45. The Kier molecular flexibility index (Phi) is 5.76. The van der Waals surface area contributed by atoms with Crippen molar-refractivity contribution in [3.63, 3.8) is 0 Å². The lowest BCUT2D eigenvalue weighted by Crippen LogP contribution is -2.24. The molecule has 100 valence electrons. The van der Waals surface area contributed by atoms with Crippen molar-refractivity contribution >= 4 is 40.6 Å². The Bertz CT molecular complexity index is 511. The van der Waals surface area contributed by atoms with Crippen molar-refractivity contribution in [2.24, 2.45) is 0 Å². The molecule has 0 saturated heterocycles. The van der Waals surface area contributed by atoms with Crippen LogP contribution in [0.5, 0.6) is 0 Å². The number of halogens is 1. The van der Waals surface area contributed by atoms with Crippen LogP contribution in [0.1, 0.15) is 10.4 Å². The molecule has 2 nitrogen and oxygen atoms in total. The van der Waals surface area contributed by atoms with Gasteiger partial charge in [-0.2, -0.15) is 0 Å². The molecular formula is C14H14ClNOS2. The van der Waals surface area contributed by atoms with Gasteiger partial charge in [0.1, 0.15) is 0 Å². The van der Waals surface area contributed by atoms with E-state index in [9.17, 15) is 4.79 Å². The minimum absolute atomic E-state index is 0.0662. The fraction of sp³-hybridized carbons (Fsp3) is 0.214. The number of thiophene rings is 1. The Hall–Kier alpha value is -0.970. The highest BCUT2D eigenvalue weighted by Gasteiger charge is 2.02. The molecule has 5 heteroatoms. The number of rotatable bonds is 6. The van der Waals surface area contributed by atoms with Gasteiger partial charge in [0.15, 0.2) is 0 Å². The summed E-state index contributed by atoms with van der Waals surface area (Å²) in [4.78, 5) is 13.0. The highest BCUT2D eigenvalue weighted by Crippen LogP contribution is 2.16. The lowest BCUT2D eigenvalue weighted by Gasteiger charge is -2.05. The first kappa shape index (κ1) is 14.4. The van der Waals surface area contributed by atoms with Crippen molar-refractivity contribution in [2.75, 3.05) is 5.75 Å².